The maximum absolute atomic E-state index is 12.6. The van der Waals surface area contributed by atoms with Gasteiger partial charge in [0.2, 0.25) is 5.91 Å². The monoisotopic (exact) mass is 367 g/mol. The largest absolute Gasteiger partial charge is 0.494 e. The molecule has 1 aliphatic rings. The summed E-state index contributed by atoms with van der Waals surface area (Å²) < 4.78 is 5.41. The van der Waals surface area contributed by atoms with E-state index in [4.69, 9.17) is 4.74 Å². The minimum Gasteiger partial charge on any atom is -0.494 e. The molecule has 0 saturated carbocycles. The molecule has 0 aliphatic carbocycles. The van der Waals surface area contributed by atoms with Gasteiger partial charge in [0.25, 0.3) is 5.91 Å². The van der Waals surface area contributed by atoms with Crippen LogP contribution in [-0.2, 0) is 11.3 Å². The van der Waals surface area contributed by atoms with E-state index in [0.29, 0.717) is 44.6 Å². The van der Waals surface area contributed by atoms with Crippen molar-refractivity contribution in [3.63, 3.8) is 0 Å². The molecule has 0 radical (unpaired) electrons. The normalized spacial score (nSPS) is 14.6. The van der Waals surface area contributed by atoms with E-state index in [2.05, 4.69) is 10.3 Å². The smallest absolute Gasteiger partial charge is 0.253 e. The average molecular weight is 367 g/mol. The predicted molar refractivity (Wildman–Crippen MR) is 102 cm³/mol. The number of pyridine rings is 1. The Hall–Kier alpha value is -2.89. The number of aromatic nitrogens is 1. The first kappa shape index (κ1) is 18.9. The maximum atomic E-state index is 12.6. The van der Waals surface area contributed by atoms with Gasteiger partial charge in [0.1, 0.15) is 5.75 Å². The van der Waals surface area contributed by atoms with E-state index in [1.807, 2.05) is 36.1 Å². The Balaban J connectivity index is 1.47. The van der Waals surface area contributed by atoms with Gasteiger partial charge < -0.3 is 15.0 Å². The molecule has 1 fully saturated rings. The van der Waals surface area contributed by atoms with Crippen molar-refractivity contribution in [1.82, 2.24) is 15.2 Å². The Morgan fingerprint density at radius 2 is 1.93 bits per heavy atom. The zero-order valence-electron chi connectivity index (χ0n) is 15.6. The summed E-state index contributed by atoms with van der Waals surface area (Å²) in [4.78, 5) is 30.9. The standard InChI is InChI=1S/C21H25N3O3/c1-2-27-19-7-5-18(6-8-19)21(26)24-12-9-17(10-13-24)20(25)23-15-16-4-3-11-22-14-16/h3-8,11,14,17H,2,9-10,12-13,15H2,1H3,(H,23,25). The molecule has 27 heavy (non-hydrogen) atoms. The second-order valence-electron chi connectivity index (χ2n) is 6.60. The summed E-state index contributed by atoms with van der Waals surface area (Å²) in [5.41, 5.74) is 1.63. The van der Waals surface area contributed by atoms with Crippen LogP contribution < -0.4 is 10.1 Å². The molecule has 1 N–H and O–H groups in total. The lowest BCUT2D eigenvalue weighted by molar-refractivity contribution is -0.126. The molecule has 6 heteroatoms. The third-order valence-electron chi connectivity index (χ3n) is 4.75. The van der Waals surface area contributed by atoms with Gasteiger partial charge in [-0.3, -0.25) is 14.6 Å². The number of nitrogens with zero attached hydrogens (tertiary/aromatic N) is 2. The molecule has 0 atom stereocenters. The molecule has 2 aromatic rings. The minimum absolute atomic E-state index is 0.00673. The van der Waals surface area contributed by atoms with Crippen LogP contribution in [0.2, 0.25) is 0 Å². The van der Waals surface area contributed by atoms with Crippen LogP contribution in [0.15, 0.2) is 48.8 Å². The number of rotatable bonds is 6. The van der Waals surface area contributed by atoms with Crippen molar-refractivity contribution in [2.45, 2.75) is 26.3 Å². The quantitative estimate of drug-likeness (QED) is 0.852. The van der Waals surface area contributed by atoms with Crippen LogP contribution in [0.3, 0.4) is 0 Å². The van der Waals surface area contributed by atoms with Gasteiger partial charge in [0.05, 0.1) is 6.61 Å². The molecule has 1 saturated heterocycles. The number of carbonyl (C=O) groups excluding carboxylic acids is 2. The molecule has 0 spiro atoms. The Morgan fingerprint density at radius 3 is 2.56 bits per heavy atom. The molecule has 1 aliphatic heterocycles. The fourth-order valence-corrected chi connectivity index (χ4v) is 3.22. The van der Waals surface area contributed by atoms with Crippen LogP contribution in [0.1, 0.15) is 35.7 Å². The third kappa shape index (κ3) is 5.06. The highest BCUT2D eigenvalue weighted by Crippen LogP contribution is 2.20. The number of carbonyl (C=O) groups is 2. The Bertz CT molecular complexity index is 754. The summed E-state index contributed by atoms with van der Waals surface area (Å²) in [5.74, 6) is 0.767. The summed E-state index contributed by atoms with van der Waals surface area (Å²) in [7, 11) is 0. The number of nitrogens with one attached hydrogen (secondary N) is 1. The van der Waals surface area contributed by atoms with Crippen LogP contribution >= 0.6 is 0 Å². The van der Waals surface area contributed by atoms with Gasteiger partial charge in [0.15, 0.2) is 0 Å². The van der Waals surface area contributed by atoms with Gasteiger partial charge in [-0.1, -0.05) is 6.07 Å². The van der Waals surface area contributed by atoms with Crippen molar-refractivity contribution < 1.29 is 14.3 Å². The predicted octanol–water partition coefficient (Wildman–Crippen LogP) is 2.65. The zero-order valence-corrected chi connectivity index (χ0v) is 15.6. The first-order valence-corrected chi connectivity index (χ1v) is 9.36. The molecular weight excluding hydrogens is 342 g/mol. The van der Waals surface area contributed by atoms with Crippen molar-refractivity contribution in [2.24, 2.45) is 5.92 Å². The lowest BCUT2D eigenvalue weighted by atomic mass is 9.95. The second kappa shape index (κ2) is 9.16. The molecule has 3 rings (SSSR count). The van der Waals surface area contributed by atoms with E-state index in [9.17, 15) is 9.59 Å². The first-order chi connectivity index (χ1) is 13.2. The number of benzene rings is 1. The molecule has 6 nitrogen and oxygen atoms in total. The summed E-state index contributed by atoms with van der Waals surface area (Å²) in [6, 6.07) is 11.0. The molecule has 1 aromatic carbocycles. The molecule has 1 aromatic heterocycles. The van der Waals surface area contributed by atoms with E-state index in [1.165, 1.54) is 0 Å². The fourth-order valence-electron chi connectivity index (χ4n) is 3.22. The van der Waals surface area contributed by atoms with E-state index < -0.39 is 0 Å². The summed E-state index contributed by atoms with van der Waals surface area (Å²) >= 11 is 0. The van der Waals surface area contributed by atoms with Gasteiger partial charge in [0, 0.05) is 43.5 Å². The van der Waals surface area contributed by atoms with Crippen molar-refractivity contribution in [3.8, 4) is 5.75 Å². The van der Waals surface area contributed by atoms with Gasteiger partial charge >= 0.3 is 0 Å². The lowest BCUT2D eigenvalue weighted by Gasteiger charge is -2.31. The highest BCUT2D eigenvalue weighted by Gasteiger charge is 2.27. The van der Waals surface area contributed by atoms with Crippen LogP contribution in [0, 0.1) is 5.92 Å². The average Bonchev–Trinajstić information content (AvgIpc) is 2.73. The Labute approximate surface area is 159 Å². The number of likely N-dealkylation sites (tertiary alicyclic amines) is 1. The van der Waals surface area contributed by atoms with Crippen LogP contribution in [0.5, 0.6) is 5.75 Å². The number of piperidine rings is 1. The SMILES string of the molecule is CCOc1ccc(C(=O)N2CCC(C(=O)NCc3cccnc3)CC2)cc1. The summed E-state index contributed by atoms with van der Waals surface area (Å²) in [6.45, 7) is 4.20. The van der Waals surface area contributed by atoms with Crippen molar-refractivity contribution in [3.05, 3.63) is 59.9 Å². The first-order valence-electron chi connectivity index (χ1n) is 9.36. The molecule has 142 valence electrons. The Kier molecular flexibility index (Phi) is 6.41. The molecule has 2 heterocycles. The fraction of sp³-hybridized carbons (Fsp3) is 0.381. The maximum Gasteiger partial charge on any atom is 0.253 e. The second-order valence-corrected chi connectivity index (χ2v) is 6.60. The van der Waals surface area contributed by atoms with Gasteiger partial charge in [-0.25, -0.2) is 0 Å². The highest BCUT2D eigenvalue weighted by molar-refractivity contribution is 5.94. The van der Waals surface area contributed by atoms with E-state index in [1.54, 1.807) is 24.5 Å². The topological polar surface area (TPSA) is 71.5 Å². The van der Waals surface area contributed by atoms with Gasteiger partial charge in [-0.2, -0.15) is 0 Å². The van der Waals surface area contributed by atoms with Crippen LogP contribution in [0.25, 0.3) is 0 Å². The van der Waals surface area contributed by atoms with Gasteiger partial charge in [-0.05, 0) is 55.7 Å². The molecule has 0 unspecified atom stereocenters. The summed E-state index contributed by atoms with van der Waals surface area (Å²) in [6.07, 6.45) is 4.82. The number of hydrogen-bond acceptors (Lipinski definition) is 4. The number of ether oxygens (including phenoxy) is 1. The van der Waals surface area contributed by atoms with Gasteiger partial charge in [-0.15, -0.1) is 0 Å². The van der Waals surface area contributed by atoms with E-state index >= 15 is 0 Å². The molecule has 0 bridgehead atoms. The zero-order chi connectivity index (χ0) is 19.1. The van der Waals surface area contributed by atoms with Crippen molar-refractivity contribution in [1.29, 1.82) is 0 Å². The molecular formula is C21H25N3O3. The number of amides is 2. The minimum atomic E-state index is -0.0500. The van der Waals surface area contributed by atoms with E-state index in [-0.39, 0.29) is 17.7 Å². The Morgan fingerprint density at radius 1 is 1.19 bits per heavy atom. The third-order valence-corrected chi connectivity index (χ3v) is 4.75. The van der Waals surface area contributed by atoms with Crippen molar-refractivity contribution >= 4 is 11.8 Å². The highest BCUT2D eigenvalue weighted by atomic mass is 16.5. The lowest BCUT2D eigenvalue weighted by Crippen LogP contribution is -2.42. The summed E-state index contributed by atoms with van der Waals surface area (Å²) in [5, 5.41) is 2.97. The van der Waals surface area contributed by atoms with Crippen molar-refractivity contribution in [2.75, 3.05) is 19.7 Å². The number of hydrogen-bond donors (Lipinski definition) is 1. The van der Waals surface area contributed by atoms with E-state index in [0.717, 1.165) is 11.3 Å². The molecule has 2 amide bonds. The van der Waals surface area contributed by atoms with Crippen LogP contribution in [-0.4, -0.2) is 41.4 Å². The van der Waals surface area contributed by atoms with Crippen LogP contribution in [0.4, 0.5) is 0 Å².